The molecule has 3 amide bonds. The molecule has 11 nitrogen and oxygen atoms in total. The van der Waals surface area contributed by atoms with Crippen molar-refractivity contribution in [1.82, 2.24) is 20.2 Å². The Kier molecular flexibility index (Phi) is 5.19. The molecule has 12 heteroatoms. The molecule has 0 aromatic heterocycles. The third-order valence-electron chi connectivity index (χ3n) is 5.16. The minimum Gasteiger partial charge on any atom is -0.312 e. The van der Waals surface area contributed by atoms with Crippen molar-refractivity contribution in [2.75, 3.05) is 20.1 Å². The van der Waals surface area contributed by atoms with Gasteiger partial charge in [0.05, 0.1) is 18.1 Å². The molecule has 3 atom stereocenters. The lowest BCUT2D eigenvalue weighted by Crippen LogP contribution is -2.55. The molecule has 0 aliphatic carbocycles. The Bertz CT molecular complexity index is 713. The lowest BCUT2D eigenvalue weighted by Gasteiger charge is -2.34. The smallest absolute Gasteiger partial charge is 0.312 e. The van der Waals surface area contributed by atoms with E-state index in [0.717, 1.165) is 25.8 Å². The number of nitrogens with zero attached hydrogens (tertiary/aromatic N) is 3. The molecule has 146 valence electrons. The number of likely N-dealkylation sites (tertiary alicyclic amines) is 1. The molecule has 2 bridgehead atoms. The van der Waals surface area contributed by atoms with Gasteiger partial charge in [-0.3, -0.25) is 19.7 Å². The summed E-state index contributed by atoms with van der Waals surface area (Å²) in [7, 11) is -2.94. The minimum absolute atomic E-state index is 0.0884. The van der Waals surface area contributed by atoms with Crippen LogP contribution in [0.25, 0.3) is 0 Å². The molecule has 0 aromatic rings. The third-order valence-corrected chi connectivity index (χ3v) is 5.51. The highest BCUT2D eigenvalue weighted by atomic mass is 32.3. The summed E-state index contributed by atoms with van der Waals surface area (Å²) in [6.07, 6.45) is 3.49. The Morgan fingerprint density at radius 1 is 1.27 bits per heavy atom. The molecule has 3 saturated heterocycles. The van der Waals surface area contributed by atoms with Crippen molar-refractivity contribution in [1.29, 1.82) is 5.41 Å². The van der Waals surface area contributed by atoms with Crippen LogP contribution < -0.4 is 5.32 Å². The Hall–Kier alpha value is -1.76. The predicted molar refractivity (Wildman–Crippen MR) is 89.5 cm³/mol. The maximum atomic E-state index is 12.5. The van der Waals surface area contributed by atoms with E-state index in [1.165, 1.54) is 4.90 Å². The van der Waals surface area contributed by atoms with Gasteiger partial charge >= 0.3 is 16.4 Å². The van der Waals surface area contributed by atoms with Crippen LogP contribution in [0.5, 0.6) is 0 Å². The fourth-order valence-corrected chi connectivity index (χ4v) is 4.23. The molecule has 3 aliphatic heterocycles. The molecule has 0 spiro atoms. The number of fused-ring (bicyclic) bond motifs is 2. The lowest BCUT2D eigenvalue weighted by atomic mass is 9.99. The maximum absolute atomic E-state index is 12.5. The van der Waals surface area contributed by atoms with Gasteiger partial charge in [0.2, 0.25) is 5.91 Å². The number of hydrogen-bond donors (Lipinski definition) is 3. The van der Waals surface area contributed by atoms with Gasteiger partial charge in [-0.15, -0.1) is 4.28 Å². The average molecular weight is 389 g/mol. The van der Waals surface area contributed by atoms with Crippen LogP contribution in [0.2, 0.25) is 0 Å². The van der Waals surface area contributed by atoms with Gasteiger partial charge in [0.25, 0.3) is 0 Å². The minimum atomic E-state index is -4.81. The molecule has 0 saturated carbocycles. The van der Waals surface area contributed by atoms with Gasteiger partial charge in [-0.1, -0.05) is 6.42 Å². The standard InChI is InChI=1S/C14H23N5O6S/c1-17-7-3-2-4-11(17)13(20)16-12(15)10-6-5-9-8-18(10)14(21)19(9)25-26(22,23)24/h9-11H,2-8H2,1H3,(H2,15,16,20)(H,22,23,24)/t9-,10+,11+/m1/s1. The van der Waals surface area contributed by atoms with E-state index in [2.05, 4.69) is 9.60 Å². The largest absolute Gasteiger partial charge is 0.418 e. The zero-order valence-electron chi connectivity index (χ0n) is 14.4. The number of nitrogens with one attached hydrogen (secondary N) is 2. The maximum Gasteiger partial charge on any atom is 0.418 e. The van der Waals surface area contributed by atoms with Gasteiger partial charge in [0.15, 0.2) is 0 Å². The zero-order chi connectivity index (χ0) is 19.1. The number of hydroxylamine groups is 2. The second-order valence-corrected chi connectivity index (χ2v) is 7.91. The summed E-state index contributed by atoms with van der Waals surface area (Å²) in [5, 5.41) is 11.4. The SMILES string of the molecule is CN1CCCC[C@H]1C(=O)NC(=N)[C@@H]1CC[C@@H]2CN1C(=O)N2OS(=O)(=O)O. The first kappa shape index (κ1) is 19.0. The van der Waals surface area contributed by atoms with Crippen LogP contribution in [0.15, 0.2) is 0 Å². The molecule has 3 heterocycles. The summed E-state index contributed by atoms with van der Waals surface area (Å²) in [6.45, 7) is 0.990. The van der Waals surface area contributed by atoms with E-state index in [9.17, 15) is 18.0 Å². The van der Waals surface area contributed by atoms with Crippen molar-refractivity contribution >= 4 is 28.2 Å². The number of urea groups is 1. The van der Waals surface area contributed by atoms with Crippen LogP contribution >= 0.6 is 0 Å². The normalized spacial score (nSPS) is 29.8. The molecule has 0 aromatic carbocycles. The third kappa shape index (κ3) is 3.82. The van der Waals surface area contributed by atoms with Crippen molar-refractivity contribution in [2.45, 2.75) is 50.2 Å². The molecular weight excluding hydrogens is 366 g/mol. The summed E-state index contributed by atoms with van der Waals surface area (Å²) in [5.74, 6) is -0.355. The predicted octanol–water partition coefficient (Wildman–Crippen LogP) is -0.433. The molecule has 3 rings (SSSR count). The monoisotopic (exact) mass is 389 g/mol. The van der Waals surface area contributed by atoms with Gasteiger partial charge in [0, 0.05) is 6.54 Å². The summed E-state index contributed by atoms with van der Waals surface area (Å²) >= 11 is 0. The number of hydrogen-bond acceptors (Lipinski definition) is 7. The lowest BCUT2D eigenvalue weighted by molar-refractivity contribution is -0.125. The number of rotatable bonds is 4. The molecule has 3 fully saturated rings. The highest BCUT2D eigenvalue weighted by Gasteiger charge is 2.48. The first-order chi connectivity index (χ1) is 12.2. The van der Waals surface area contributed by atoms with Crippen LogP contribution in [-0.4, -0.2) is 83.9 Å². The van der Waals surface area contributed by atoms with E-state index in [0.29, 0.717) is 17.9 Å². The van der Waals surface area contributed by atoms with Gasteiger partial charge in [-0.2, -0.15) is 13.5 Å². The summed E-state index contributed by atoms with van der Waals surface area (Å²) in [6, 6.07) is -2.22. The quantitative estimate of drug-likeness (QED) is 0.336. The Labute approximate surface area is 151 Å². The van der Waals surface area contributed by atoms with Crippen LogP contribution in [0.3, 0.4) is 0 Å². The summed E-state index contributed by atoms with van der Waals surface area (Å²) < 4.78 is 35.0. The number of amides is 3. The van der Waals surface area contributed by atoms with Gasteiger partial charge in [-0.05, 0) is 39.3 Å². The molecule has 3 N–H and O–H groups in total. The van der Waals surface area contributed by atoms with E-state index >= 15 is 0 Å². The summed E-state index contributed by atoms with van der Waals surface area (Å²) in [5.41, 5.74) is 0. The molecule has 26 heavy (non-hydrogen) atoms. The van der Waals surface area contributed by atoms with Crippen molar-refractivity contribution in [3.8, 4) is 0 Å². The Morgan fingerprint density at radius 3 is 2.65 bits per heavy atom. The highest BCUT2D eigenvalue weighted by Crippen LogP contribution is 2.30. The number of piperidine rings is 2. The average Bonchev–Trinajstić information content (AvgIpc) is 2.78. The molecular formula is C14H23N5O6S. The number of likely N-dealkylation sites (N-methyl/N-ethyl adjacent to an activating group) is 1. The van der Waals surface area contributed by atoms with Gasteiger partial charge in [-0.25, -0.2) is 4.79 Å². The topological polar surface area (TPSA) is 143 Å². The van der Waals surface area contributed by atoms with Crippen molar-refractivity contribution in [3.05, 3.63) is 0 Å². The first-order valence-corrected chi connectivity index (χ1v) is 9.90. The van der Waals surface area contributed by atoms with Gasteiger partial charge < -0.3 is 10.2 Å². The number of carbonyl (C=O) groups is 2. The second-order valence-electron chi connectivity index (χ2n) is 6.91. The van der Waals surface area contributed by atoms with Crippen molar-refractivity contribution in [2.24, 2.45) is 0 Å². The second kappa shape index (κ2) is 7.10. The van der Waals surface area contributed by atoms with Crippen molar-refractivity contribution < 1.29 is 26.8 Å². The Morgan fingerprint density at radius 2 is 2.00 bits per heavy atom. The van der Waals surface area contributed by atoms with Crippen LogP contribution in [0.4, 0.5) is 4.79 Å². The van der Waals surface area contributed by atoms with Crippen LogP contribution in [-0.2, 0) is 19.5 Å². The van der Waals surface area contributed by atoms with E-state index < -0.39 is 28.5 Å². The molecule has 0 radical (unpaired) electrons. The highest BCUT2D eigenvalue weighted by molar-refractivity contribution is 7.80. The zero-order valence-corrected chi connectivity index (χ0v) is 15.2. The van der Waals surface area contributed by atoms with Crippen LogP contribution in [0, 0.1) is 5.41 Å². The van der Waals surface area contributed by atoms with E-state index in [-0.39, 0.29) is 24.3 Å². The van der Waals surface area contributed by atoms with E-state index in [1.807, 2.05) is 11.9 Å². The fraction of sp³-hybridized carbons (Fsp3) is 0.786. The summed E-state index contributed by atoms with van der Waals surface area (Å²) in [4.78, 5) is 28.0. The van der Waals surface area contributed by atoms with E-state index in [1.54, 1.807) is 0 Å². The van der Waals surface area contributed by atoms with E-state index in [4.69, 9.17) is 9.96 Å². The number of carbonyl (C=O) groups excluding carboxylic acids is 2. The Balaban J connectivity index is 1.64. The number of amidine groups is 1. The fourth-order valence-electron chi connectivity index (χ4n) is 3.84. The van der Waals surface area contributed by atoms with Crippen molar-refractivity contribution in [3.63, 3.8) is 0 Å². The molecule has 0 unspecified atom stereocenters. The molecule has 3 aliphatic rings. The van der Waals surface area contributed by atoms with Gasteiger partial charge in [0.1, 0.15) is 5.84 Å². The first-order valence-electron chi connectivity index (χ1n) is 8.54. The van der Waals surface area contributed by atoms with Crippen LogP contribution in [0.1, 0.15) is 32.1 Å².